The number of aryl methyl sites for hydroxylation is 1. The number of hydrogen-bond acceptors (Lipinski definition) is 4. The highest BCUT2D eigenvalue weighted by Gasteiger charge is 2.28. The van der Waals surface area contributed by atoms with Crippen molar-refractivity contribution in [3.63, 3.8) is 0 Å². The van der Waals surface area contributed by atoms with Gasteiger partial charge in [-0.2, -0.15) is 0 Å². The summed E-state index contributed by atoms with van der Waals surface area (Å²) in [6.07, 6.45) is -0.702. The molecule has 27 heavy (non-hydrogen) atoms. The van der Waals surface area contributed by atoms with Crippen LogP contribution in [0.5, 0.6) is 11.5 Å². The van der Waals surface area contributed by atoms with Gasteiger partial charge in [-0.3, -0.25) is 0 Å². The van der Waals surface area contributed by atoms with Gasteiger partial charge >= 0.3 is 6.16 Å². The van der Waals surface area contributed by atoms with Gasteiger partial charge in [-0.25, -0.2) is 13.6 Å². The Bertz CT molecular complexity index is 816. The molecule has 6 heteroatoms. The fraction of sp³-hybridized carbons (Fsp3) is 0.381. The molecule has 144 valence electrons. The predicted molar refractivity (Wildman–Crippen MR) is 96.6 cm³/mol. The molecule has 1 saturated carbocycles. The molecular weight excluding hydrogens is 354 g/mol. The highest BCUT2D eigenvalue weighted by molar-refractivity contribution is 5.65. The van der Waals surface area contributed by atoms with Gasteiger partial charge in [0.2, 0.25) is 0 Å². The lowest BCUT2D eigenvalue weighted by Crippen LogP contribution is -2.11. The second kappa shape index (κ2) is 8.37. The van der Waals surface area contributed by atoms with E-state index in [4.69, 9.17) is 9.47 Å². The molecule has 0 aliphatic heterocycles. The molecule has 0 spiro atoms. The van der Waals surface area contributed by atoms with Crippen molar-refractivity contribution in [3.05, 3.63) is 58.7 Å². The third-order valence-electron chi connectivity index (χ3n) is 4.64. The van der Waals surface area contributed by atoms with Crippen LogP contribution in [0.4, 0.5) is 13.6 Å². The summed E-state index contributed by atoms with van der Waals surface area (Å²) < 4.78 is 42.4. The van der Waals surface area contributed by atoms with Crippen molar-refractivity contribution in [2.45, 2.75) is 45.1 Å². The summed E-state index contributed by atoms with van der Waals surface area (Å²) in [5, 5.41) is 0. The van der Waals surface area contributed by atoms with E-state index in [1.54, 1.807) is 24.3 Å². The molecule has 1 aliphatic rings. The van der Waals surface area contributed by atoms with Crippen LogP contribution in [0.15, 0.2) is 36.4 Å². The topological polar surface area (TPSA) is 44.8 Å². The van der Waals surface area contributed by atoms with Crippen LogP contribution in [0, 0.1) is 0 Å². The van der Waals surface area contributed by atoms with Crippen molar-refractivity contribution in [3.8, 4) is 11.5 Å². The van der Waals surface area contributed by atoms with Crippen LogP contribution in [-0.4, -0.2) is 13.3 Å². The van der Waals surface area contributed by atoms with Crippen LogP contribution in [0.3, 0.4) is 0 Å². The number of halogens is 2. The van der Waals surface area contributed by atoms with Crippen LogP contribution in [0.1, 0.15) is 54.4 Å². The van der Waals surface area contributed by atoms with Crippen LogP contribution in [0.2, 0.25) is 0 Å². The minimum atomic E-state index is -2.63. The Balaban J connectivity index is 1.88. The highest BCUT2D eigenvalue weighted by Crippen LogP contribution is 2.44. The van der Waals surface area contributed by atoms with E-state index in [0.717, 1.165) is 24.0 Å². The number of carbonyl (C=O) groups is 1. The molecule has 0 heterocycles. The van der Waals surface area contributed by atoms with Gasteiger partial charge in [0.05, 0.1) is 12.7 Å². The maximum absolute atomic E-state index is 13.4. The molecule has 3 rings (SSSR count). The summed E-state index contributed by atoms with van der Waals surface area (Å²) in [5.74, 6) is 0.841. The molecule has 0 radical (unpaired) electrons. The minimum Gasteiger partial charge on any atom is -0.488 e. The van der Waals surface area contributed by atoms with E-state index < -0.39 is 12.6 Å². The summed E-state index contributed by atoms with van der Waals surface area (Å²) in [5.41, 5.74) is 2.39. The van der Waals surface area contributed by atoms with Crippen molar-refractivity contribution >= 4 is 6.16 Å². The number of benzene rings is 2. The molecule has 4 nitrogen and oxygen atoms in total. The van der Waals surface area contributed by atoms with Gasteiger partial charge in [-0.1, -0.05) is 25.1 Å². The first-order valence-electron chi connectivity index (χ1n) is 8.94. The van der Waals surface area contributed by atoms with E-state index in [9.17, 15) is 13.6 Å². The van der Waals surface area contributed by atoms with Crippen molar-refractivity contribution in [2.75, 3.05) is 7.11 Å². The summed E-state index contributed by atoms with van der Waals surface area (Å²) >= 11 is 0. The second-order valence-electron chi connectivity index (χ2n) is 6.47. The van der Waals surface area contributed by atoms with Gasteiger partial charge in [0.15, 0.2) is 0 Å². The quantitative estimate of drug-likeness (QED) is 0.453. The van der Waals surface area contributed by atoms with Crippen molar-refractivity contribution < 1.29 is 27.8 Å². The third-order valence-corrected chi connectivity index (χ3v) is 4.64. The summed E-state index contributed by atoms with van der Waals surface area (Å²) in [6, 6.07) is 10.2. The standard InChI is InChI=1S/C21H22F2O4/c1-3-13-7-10-18(16(11-13)20(22)23)26-12-17-15(14-8-9-14)5-4-6-19(17)27-21(24)25-2/h4-7,10-11,14,20H,3,8-9,12H2,1-2H3. The van der Waals surface area contributed by atoms with Gasteiger partial charge in [0, 0.05) is 5.56 Å². The Morgan fingerprint density at radius 1 is 1.19 bits per heavy atom. The van der Waals surface area contributed by atoms with Gasteiger partial charge in [-0.05, 0) is 54.5 Å². The van der Waals surface area contributed by atoms with Crippen molar-refractivity contribution in [2.24, 2.45) is 0 Å². The number of alkyl halides is 2. The van der Waals surface area contributed by atoms with E-state index in [0.29, 0.717) is 23.7 Å². The van der Waals surface area contributed by atoms with Gasteiger partial charge in [0.25, 0.3) is 6.43 Å². The maximum atomic E-state index is 13.4. The largest absolute Gasteiger partial charge is 0.513 e. The number of ether oxygens (including phenoxy) is 3. The smallest absolute Gasteiger partial charge is 0.488 e. The van der Waals surface area contributed by atoms with E-state index >= 15 is 0 Å². The first-order valence-corrected chi connectivity index (χ1v) is 8.94. The van der Waals surface area contributed by atoms with Crippen LogP contribution in [0.25, 0.3) is 0 Å². The fourth-order valence-electron chi connectivity index (χ4n) is 3.01. The van der Waals surface area contributed by atoms with Crippen molar-refractivity contribution in [1.82, 2.24) is 0 Å². The Labute approximate surface area is 157 Å². The minimum absolute atomic E-state index is 0.0319. The molecule has 1 fully saturated rings. The first-order chi connectivity index (χ1) is 13.0. The molecule has 1 aliphatic carbocycles. The zero-order valence-corrected chi connectivity index (χ0v) is 15.3. The van der Waals surface area contributed by atoms with E-state index in [2.05, 4.69) is 4.74 Å². The summed E-state index contributed by atoms with van der Waals surface area (Å²) in [6.45, 7) is 1.94. The molecule has 0 aromatic heterocycles. The molecule has 0 atom stereocenters. The Hall–Kier alpha value is -2.63. The van der Waals surface area contributed by atoms with Gasteiger partial charge in [0.1, 0.15) is 18.1 Å². The average Bonchev–Trinajstić information content (AvgIpc) is 3.51. The van der Waals surface area contributed by atoms with E-state index in [-0.39, 0.29) is 17.9 Å². The molecule has 2 aromatic rings. The number of hydrogen-bond donors (Lipinski definition) is 0. The number of rotatable bonds is 7. The van der Waals surface area contributed by atoms with Crippen LogP contribution < -0.4 is 9.47 Å². The monoisotopic (exact) mass is 376 g/mol. The molecule has 0 amide bonds. The normalized spacial score (nSPS) is 13.5. The Morgan fingerprint density at radius 3 is 2.59 bits per heavy atom. The fourth-order valence-corrected chi connectivity index (χ4v) is 3.01. The molecule has 0 saturated heterocycles. The number of carbonyl (C=O) groups excluding carboxylic acids is 1. The SMILES string of the molecule is CCc1ccc(OCc2c(OC(=O)OC)cccc2C2CC2)c(C(F)F)c1. The first kappa shape index (κ1) is 19.1. The molecule has 0 N–H and O–H groups in total. The van der Waals surface area contributed by atoms with E-state index in [1.807, 2.05) is 13.0 Å². The lowest BCUT2D eigenvalue weighted by atomic mass is 10.0. The molecule has 0 unspecified atom stereocenters. The predicted octanol–water partition coefficient (Wildman–Crippen LogP) is 5.79. The summed E-state index contributed by atoms with van der Waals surface area (Å²) in [7, 11) is 1.23. The highest BCUT2D eigenvalue weighted by atomic mass is 19.3. The Kier molecular flexibility index (Phi) is 5.94. The van der Waals surface area contributed by atoms with Crippen LogP contribution >= 0.6 is 0 Å². The Morgan fingerprint density at radius 2 is 1.96 bits per heavy atom. The third kappa shape index (κ3) is 4.56. The lowest BCUT2D eigenvalue weighted by molar-refractivity contribution is 0.120. The summed E-state index contributed by atoms with van der Waals surface area (Å²) in [4.78, 5) is 11.5. The van der Waals surface area contributed by atoms with Gasteiger partial charge < -0.3 is 14.2 Å². The number of methoxy groups -OCH3 is 1. The molecule has 0 bridgehead atoms. The molecular formula is C21H22F2O4. The van der Waals surface area contributed by atoms with Crippen molar-refractivity contribution in [1.29, 1.82) is 0 Å². The average molecular weight is 376 g/mol. The second-order valence-corrected chi connectivity index (χ2v) is 6.47. The lowest BCUT2D eigenvalue weighted by Gasteiger charge is -2.17. The van der Waals surface area contributed by atoms with E-state index in [1.165, 1.54) is 13.2 Å². The van der Waals surface area contributed by atoms with Crippen LogP contribution in [-0.2, 0) is 17.8 Å². The zero-order chi connectivity index (χ0) is 19.4. The molecule has 2 aromatic carbocycles. The zero-order valence-electron chi connectivity index (χ0n) is 15.3. The maximum Gasteiger partial charge on any atom is 0.513 e. The van der Waals surface area contributed by atoms with Gasteiger partial charge in [-0.15, -0.1) is 0 Å².